The minimum Gasteiger partial charge on any atom is -0.497 e. The lowest BCUT2D eigenvalue weighted by Gasteiger charge is -2.31. The zero-order valence-corrected chi connectivity index (χ0v) is 16.8. The Labute approximate surface area is 171 Å². The van der Waals surface area contributed by atoms with E-state index in [1.165, 1.54) is 0 Å². The van der Waals surface area contributed by atoms with Gasteiger partial charge >= 0.3 is 6.03 Å². The Morgan fingerprint density at radius 3 is 2.41 bits per heavy atom. The van der Waals surface area contributed by atoms with Gasteiger partial charge in [0.05, 0.1) is 13.2 Å². The van der Waals surface area contributed by atoms with E-state index in [1.807, 2.05) is 41.3 Å². The molecule has 2 heterocycles. The molecule has 152 valence electrons. The summed E-state index contributed by atoms with van der Waals surface area (Å²) in [4.78, 5) is 28.9. The average Bonchev–Trinajstić information content (AvgIpc) is 3.05. The van der Waals surface area contributed by atoms with Gasteiger partial charge in [-0.2, -0.15) is 0 Å². The maximum absolute atomic E-state index is 13.4. The van der Waals surface area contributed by atoms with E-state index in [0.717, 1.165) is 49.2 Å². The molecule has 2 fully saturated rings. The highest BCUT2D eigenvalue weighted by Gasteiger charge is 2.28. The molecular formula is C23H27N3O3. The third-order valence-corrected chi connectivity index (χ3v) is 5.80. The molecule has 6 heteroatoms. The molecule has 2 aromatic rings. The highest BCUT2D eigenvalue weighted by atomic mass is 16.5. The highest BCUT2D eigenvalue weighted by Crippen LogP contribution is 2.32. The van der Waals surface area contributed by atoms with Gasteiger partial charge < -0.3 is 15.0 Å². The maximum atomic E-state index is 13.4. The third-order valence-electron chi connectivity index (χ3n) is 5.80. The van der Waals surface area contributed by atoms with Gasteiger partial charge in [0.25, 0.3) is 5.91 Å². The number of carbonyl (C=O) groups is 2. The second kappa shape index (κ2) is 8.55. The van der Waals surface area contributed by atoms with Crippen LogP contribution >= 0.6 is 0 Å². The van der Waals surface area contributed by atoms with Gasteiger partial charge in [0.15, 0.2) is 0 Å². The number of anilines is 1. The van der Waals surface area contributed by atoms with Crippen LogP contribution < -0.4 is 15.0 Å². The van der Waals surface area contributed by atoms with Gasteiger partial charge in [0.2, 0.25) is 0 Å². The van der Waals surface area contributed by atoms with Crippen molar-refractivity contribution in [1.29, 1.82) is 0 Å². The minimum atomic E-state index is -0.0869. The summed E-state index contributed by atoms with van der Waals surface area (Å²) < 4.78 is 5.27. The van der Waals surface area contributed by atoms with E-state index in [1.54, 1.807) is 12.0 Å². The van der Waals surface area contributed by atoms with E-state index in [0.29, 0.717) is 18.7 Å². The first-order valence-corrected chi connectivity index (χ1v) is 10.3. The standard InChI is InChI=1S/C23H27N3O3/c1-29-20-12-8-17(9-13-20)21-5-3-2-4-15-26(21)22(27)18-6-10-19(11-7-18)25-16-14-24-23(25)28/h6-13,21H,2-5,14-16H2,1H3,(H,24,28). The number of ether oxygens (including phenoxy) is 1. The normalized spacial score (nSPS) is 19.6. The van der Waals surface area contributed by atoms with Crippen LogP contribution in [0.15, 0.2) is 48.5 Å². The fraction of sp³-hybridized carbons (Fsp3) is 0.391. The van der Waals surface area contributed by atoms with Crippen LogP contribution in [0, 0.1) is 0 Å². The summed E-state index contributed by atoms with van der Waals surface area (Å²) in [6, 6.07) is 15.4. The maximum Gasteiger partial charge on any atom is 0.321 e. The first kappa shape index (κ1) is 19.3. The van der Waals surface area contributed by atoms with Crippen molar-refractivity contribution in [3.63, 3.8) is 0 Å². The van der Waals surface area contributed by atoms with Crippen LogP contribution in [0.25, 0.3) is 0 Å². The molecule has 0 saturated carbocycles. The molecule has 1 atom stereocenters. The lowest BCUT2D eigenvalue weighted by molar-refractivity contribution is 0.0681. The first-order valence-electron chi connectivity index (χ1n) is 10.3. The van der Waals surface area contributed by atoms with Crippen molar-refractivity contribution in [3.8, 4) is 5.75 Å². The number of rotatable bonds is 4. The van der Waals surface area contributed by atoms with Crippen LogP contribution in [0.3, 0.4) is 0 Å². The zero-order chi connectivity index (χ0) is 20.2. The fourth-order valence-corrected chi connectivity index (χ4v) is 4.19. The first-order chi connectivity index (χ1) is 14.2. The molecule has 29 heavy (non-hydrogen) atoms. The van der Waals surface area contributed by atoms with E-state index in [9.17, 15) is 9.59 Å². The summed E-state index contributed by atoms with van der Waals surface area (Å²) in [6.07, 6.45) is 4.23. The quantitative estimate of drug-likeness (QED) is 0.855. The molecule has 0 spiro atoms. The van der Waals surface area contributed by atoms with Crippen LogP contribution in [0.5, 0.6) is 5.75 Å². The van der Waals surface area contributed by atoms with Crippen molar-refractivity contribution in [2.75, 3.05) is 31.6 Å². The van der Waals surface area contributed by atoms with Crippen LogP contribution in [0.4, 0.5) is 10.5 Å². The van der Waals surface area contributed by atoms with E-state index in [2.05, 4.69) is 17.4 Å². The summed E-state index contributed by atoms with van der Waals surface area (Å²) in [7, 11) is 1.66. The van der Waals surface area contributed by atoms with E-state index in [-0.39, 0.29) is 18.0 Å². The number of hydrogen-bond donors (Lipinski definition) is 1. The molecular weight excluding hydrogens is 366 g/mol. The summed E-state index contributed by atoms with van der Waals surface area (Å²) in [6.45, 7) is 2.06. The molecule has 6 nitrogen and oxygen atoms in total. The second-order valence-electron chi connectivity index (χ2n) is 7.57. The molecule has 0 aromatic heterocycles. The van der Waals surface area contributed by atoms with Gasteiger partial charge in [-0.25, -0.2) is 4.79 Å². The smallest absolute Gasteiger partial charge is 0.321 e. The van der Waals surface area contributed by atoms with Crippen LogP contribution in [0.1, 0.15) is 47.6 Å². The number of hydrogen-bond acceptors (Lipinski definition) is 3. The molecule has 1 unspecified atom stereocenters. The van der Waals surface area contributed by atoms with Crippen molar-refractivity contribution in [2.24, 2.45) is 0 Å². The Kier molecular flexibility index (Phi) is 5.69. The predicted octanol–water partition coefficient (Wildman–Crippen LogP) is 3.98. The van der Waals surface area contributed by atoms with E-state index >= 15 is 0 Å². The number of amides is 3. The molecule has 4 rings (SSSR count). The molecule has 2 aliphatic heterocycles. The van der Waals surface area contributed by atoms with Gasteiger partial charge in [-0.1, -0.05) is 25.0 Å². The SMILES string of the molecule is COc1ccc(C2CCCCCN2C(=O)c2ccc(N3CCNC3=O)cc2)cc1. The van der Waals surface area contributed by atoms with Crippen molar-refractivity contribution >= 4 is 17.6 Å². The molecule has 1 N–H and O–H groups in total. The fourth-order valence-electron chi connectivity index (χ4n) is 4.19. The number of benzene rings is 2. The van der Waals surface area contributed by atoms with Gasteiger partial charge in [-0.3, -0.25) is 9.69 Å². The van der Waals surface area contributed by atoms with E-state index in [4.69, 9.17) is 4.74 Å². The molecule has 3 amide bonds. The highest BCUT2D eigenvalue weighted by molar-refractivity contribution is 5.97. The van der Waals surface area contributed by atoms with Gasteiger partial charge in [-0.05, 0) is 54.8 Å². The lowest BCUT2D eigenvalue weighted by atomic mass is 10.00. The van der Waals surface area contributed by atoms with Gasteiger partial charge in [-0.15, -0.1) is 0 Å². The summed E-state index contributed by atoms with van der Waals surface area (Å²) >= 11 is 0. The van der Waals surface area contributed by atoms with Crippen LogP contribution in [-0.4, -0.2) is 43.6 Å². The number of nitrogens with one attached hydrogen (secondary N) is 1. The van der Waals surface area contributed by atoms with Crippen LogP contribution in [-0.2, 0) is 0 Å². The predicted molar refractivity (Wildman–Crippen MR) is 112 cm³/mol. The molecule has 2 aromatic carbocycles. The molecule has 0 bridgehead atoms. The molecule has 2 saturated heterocycles. The Bertz CT molecular complexity index is 864. The largest absolute Gasteiger partial charge is 0.497 e. The van der Waals surface area contributed by atoms with Crippen LogP contribution in [0.2, 0.25) is 0 Å². The van der Waals surface area contributed by atoms with Gasteiger partial charge in [0, 0.05) is 30.9 Å². The van der Waals surface area contributed by atoms with Crippen molar-refractivity contribution in [1.82, 2.24) is 10.2 Å². The number of carbonyl (C=O) groups excluding carboxylic acids is 2. The Morgan fingerprint density at radius 2 is 1.76 bits per heavy atom. The summed E-state index contributed by atoms with van der Waals surface area (Å²) in [5.41, 5.74) is 2.62. The molecule has 2 aliphatic rings. The summed E-state index contributed by atoms with van der Waals surface area (Å²) in [5.74, 6) is 0.868. The number of nitrogens with zero attached hydrogens (tertiary/aromatic N) is 2. The molecule has 0 aliphatic carbocycles. The third kappa shape index (κ3) is 4.06. The van der Waals surface area contributed by atoms with Crippen molar-refractivity contribution in [2.45, 2.75) is 31.7 Å². The van der Waals surface area contributed by atoms with Crippen molar-refractivity contribution < 1.29 is 14.3 Å². The van der Waals surface area contributed by atoms with Gasteiger partial charge in [0.1, 0.15) is 5.75 Å². The number of methoxy groups -OCH3 is 1. The second-order valence-corrected chi connectivity index (χ2v) is 7.57. The monoisotopic (exact) mass is 393 g/mol. The zero-order valence-electron chi connectivity index (χ0n) is 16.8. The minimum absolute atomic E-state index is 0.0464. The topological polar surface area (TPSA) is 61.9 Å². The lowest BCUT2D eigenvalue weighted by Crippen LogP contribution is -2.35. The molecule has 0 radical (unpaired) electrons. The van der Waals surface area contributed by atoms with Crippen molar-refractivity contribution in [3.05, 3.63) is 59.7 Å². The number of urea groups is 1. The summed E-state index contributed by atoms with van der Waals surface area (Å²) in [5, 5.41) is 2.80. The Balaban J connectivity index is 1.56. The van der Waals surface area contributed by atoms with E-state index < -0.39 is 0 Å². The Hall–Kier alpha value is -3.02. The Morgan fingerprint density at radius 1 is 1.00 bits per heavy atom. The average molecular weight is 393 g/mol. The number of likely N-dealkylation sites (tertiary alicyclic amines) is 1.